The van der Waals surface area contributed by atoms with Crippen LogP contribution in [0.4, 0.5) is 0 Å². The molecule has 5 aromatic rings. The van der Waals surface area contributed by atoms with Crippen LogP contribution in [0, 0.1) is 13.8 Å². The van der Waals surface area contributed by atoms with E-state index in [1.165, 1.54) is 28.7 Å². The monoisotopic (exact) mass is 501 g/mol. The summed E-state index contributed by atoms with van der Waals surface area (Å²) in [6.07, 6.45) is 2.70. The molecule has 0 unspecified atom stereocenters. The van der Waals surface area contributed by atoms with Gasteiger partial charge in [-0.1, -0.05) is 67.2 Å². The van der Waals surface area contributed by atoms with Gasteiger partial charge < -0.3 is 4.98 Å². The predicted molar refractivity (Wildman–Crippen MR) is 146 cm³/mol. The summed E-state index contributed by atoms with van der Waals surface area (Å²) in [6.45, 7) is 8.53. The normalized spacial score (nSPS) is 12.5. The van der Waals surface area contributed by atoms with Gasteiger partial charge in [0.1, 0.15) is 10.1 Å². The number of ketones is 1. The lowest BCUT2D eigenvalue weighted by molar-refractivity contribution is 0.0991. The molecule has 35 heavy (non-hydrogen) atoms. The van der Waals surface area contributed by atoms with Crippen LogP contribution in [0.3, 0.4) is 0 Å². The van der Waals surface area contributed by atoms with Gasteiger partial charge in [-0.2, -0.15) is 0 Å². The van der Waals surface area contributed by atoms with Gasteiger partial charge in [-0.25, -0.2) is 4.98 Å². The fourth-order valence-corrected chi connectivity index (χ4v) is 6.84. The van der Waals surface area contributed by atoms with E-state index in [0.717, 1.165) is 38.2 Å². The number of para-hydroxylation sites is 1. The minimum atomic E-state index is -0.537. The van der Waals surface area contributed by atoms with Gasteiger partial charge in [-0.3, -0.25) is 14.2 Å². The number of aryl methyl sites for hydroxylation is 3. The number of benzene rings is 2. The van der Waals surface area contributed by atoms with Crippen molar-refractivity contribution in [1.29, 1.82) is 0 Å². The van der Waals surface area contributed by atoms with Gasteiger partial charge in [-0.15, -0.1) is 11.3 Å². The molecule has 5 nitrogen and oxygen atoms in total. The molecule has 0 spiro atoms. The zero-order chi connectivity index (χ0) is 24.7. The van der Waals surface area contributed by atoms with Gasteiger partial charge in [0, 0.05) is 34.1 Å². The number of aromatic nitrogens is 3. The first-order valence-corrected chi connectivity index (χ1v) is 13.5. The molecule has 0 aliphatic rings. The number of hydrogen-bond donors (Lipinski definition) is 1. The summed E-state index contributed by atoms with van der Waals surface area (Å²) in [7, 11) is 0. The highest BCUT2D eigenvalue weighted by Gasteiger charge is 2.28. The number of H-pyrrole nitrogens is 1. The van der Waals surface area contributed by atoms with Crippen molar-refractivity contribution in [1.82, 2.24) is 14.5 Å². The smallest absolute Gasteiger partial charge is 0.263 e. The first-order chi connectivity index (χ1) is 16.9. The highest BCUT2D eigenvalue weighted by atomic mass is 32.2. The third-order valence-corrected chi connectivity index (χ3v) is 8.93. The van der Waals surface area contributed by atoms with Crippen molar-refractivity contribution < 1.29 is 4.79 Å². The maximum absolute atomic E-state index is 14.1. The van der Waals surface area contributed by atoms with Crippen LogP contribution in [0.1, 0.15) is 51.0 Å². The third-order valence-electron chi connectivity index (χ3n) is 6.58. The lowest BCUT2D eigenvalue weighted by Crippen LogP contribution is -2.23. The van der Waals surface area contributed by atoms with Crippen LogP contribution in [-0.2, 0) is 13.0 Å². The van der Waals surface area contributed by atoms with E-state index < -0.39 is 5.25 Å². The Morgan fingerprint density at radius 3 is 2.60 bits per heavy atom. The molecule has 7 heteroatoms. The quantitative estimate of drug-likeness (QED) is 0.150. The van der Waals surface area contributed by atoms with E-state index in [0.29, 0.717) is 22.7 Å². The Bertz CT molecular complexity index is 1610. The molecule has 0 aliphatic carbocycles. The second kappa shape index (κ2) is 9.47. The van der Waals surface area contributed by atoms with Crippen LogP contribution in [0.15, 0.2) is 64.7 Å². The van der Waals surface area contributed by atoms with E-state index in [1.807, 2.05) is 69.4 Å². The molecule has 1 N–H and O–H groups in total. The molecule has 2 aromatic carbocycles. The van der Waals surface area contributed by atoms with Gasteiger partial charge in [0.15, 0.2) is 10.9 Å². The lowest BCUT2D eigenvalue weighted by atomic mass is 10.0. The number of rotatable bonds is 7. The van der Waals surface area contributed by atoms with Crippen LogP contribution in [0.25, 0.3) is 21.1 Å². The number of hydrogen-bond acceptors (Lipinski definition) is 5. The van der Waals surface area contributed by atoms with Crippen molar-refractivity contribution >= 4 is 50.0 Å². The number of thiophene rings is 1. The molecule has 0 amide bonds. The Labute approximate surface area is 212 Å². The van der Waals surface area contributed by atoms with Crippen LogP contribution in [0.2, 0.25) is 0 Å². The number of aromatic amines is 1. The van der Waals surface area contributed by atoms with E-state index in [1.54, 1.807) is 4.57 Å². The Balaban J connectivity index is 1.65. The maximum Gasteiger partial charge on any atom is 0.263 e. The van der Waals surface area contributed by atoms with Gasteiger partial charge in [0.25, 0.3) is 5.56 Å². The summed E-state index contributed by atoms with van der Waals surface area (Å²) in [5, 5.41) is 1.65. The van der Waals surface area contributed by atoms with Crippen molar-refractivity contribution in [3.63, 3.8) is 0 Å². The highest BCUT2D eigenvalue weighted by molar-refractivity contribution is 8.00. The molecule has 0 fully saturated rings. The average molecular weight is 502 g/mol. The SMILES string of the molecule is CCc1cccc2c(C(=O)[C@H](Sc3nc4sc(C)c(C)c4c(=O)n3CC)c3ccccc3)c[nH]c12. The van der Waals surface area contributed by atoms with Crippen molar-refractivity contribution in [2.24, 2.45) is 0 Å². The minimum absolute atomic E-state index is 0.00348. The standard InChI is InChI=1S/C28H27N3O2S2/c1-5-18-13-10-14-20-21(15-29-23(18)20)24(32)25(19-11-8-7-9-12-19)35-28-30-26-22(16(3)17(4)34-26)27(33)31(28)6-2/h7-15,25,29H,5-6H2,1-4H3/t25-/m1/s1. The molecular formula is C28H27N3O2S2. The number of fused-ring (bicyclic) bond motifs is 2. The summed E-state index contributed by atoms with van der Waals surface area (Å²) in [6, 6.07) is 15.8. The van der Waals surface area contributed by atoms with Gasteiger partial charge in [-0.05, 0) is 43.9 Å². The highest BCUT2D eigenvalue weighted by Crippen LogP contribution is 2.39. The van der Waals surface area contributed by atoms with Gasteiger partial charge in [0.05, 0.1) is 5.39 Å². The molecule has 178 valence electrons. The summed E-state index contributed by atoms with van der Waals surface area (Å²) >= 11 is 2.89. The molecule has 0 bridgehead atoms. The van der Waals surface area contributed by atoms with Crippen molar-refractivity contribution in [3.05, 3.63) is 92.2 Å². The summed E-state index contributed by atoms with van der Waals surface area (Å²) in [5.74, 6) is -0.00348. The Kier molecular flexibility index (Phi) is 6.38. The van der Waals surface area contributed by atoms with E-state index in [4.69, 9.17) is 4.98 Å². The van der Waals surface area contributed by atoms with E-state index in [-0.39, 0.29) is 11.3 Å². The summed E-state index contributed by atoms with van der Waals surface area (Å²) in [4.78, 5) is 37.5. The molecule has 3 heterocycles. The molecule has 0 saturated heterocycles. The zero-order valence-corrected chi connectivity index (χ0v) is 21.8. The molecule has 3 aromatic heterocycles. The fourth-order valence-electron chi connectivity index (χ4n) is 4.54. The van der Waals surface area contributed by atoms with E-state index >= 15 is 0 Å². The van der Waals surface area contributed by atoms with Crippen molar-refractivity contribution in [2.45, 2.75) is 51.1 Å². The number of carbonyl (C=O) groups excluding carboxylic acids is 1. The lowest BCUT2D eigenvalue weighted by Gasteiger charge is -2.18. The van der Waals surface area contributed by atoms with Crippen LogP contribution in [0.5, 0.6) is 0 Å². The molecule has 0 radical (unpaired) electrons. The third kappa shape index (κ3) is 4.02. The Hall–Kier alpha value is -3.16. The maximum atomic E-state index is 14.1. The van der Waals surface area contributed by atoms with Gasteiger partial charge in [0.2, 0.25) is 0 Å². The van der Waals surface area contributed by atoms with E-state index in [9.17, 15) is 9.59 Å². The minimum Gasteiger partial charge on any atom is -0.360 e. The molecule has 0 saturated carbocycles. The first kappa shape index (κ1) is 23.6. The summed E-state index contributed by atoms with van der Waals surface area (Å²) in [5.41, 5.74) is 4.68. The van der Waals surface area contributed by atoms with Crippen LogP contribution >= 0.6 is 23.1 Å². The number of Topliss-reactive ketones (excluding diaryl/α,β-unsaturated/α-hetero) is 1. The summed E-state index contributed by atoms with van der Waals surface area (Å²) < 4.78 is 1.69. The molecule has 0 aliphatic heterocycles. The number of carbonyl (C=O) groups is 1. The number of thioether (sulfide) groups is 1. The van der Waals surface area contributed by atoms with Crippen LogP contribution in [-0.4, -0.2) is 20.3 Å². The Morgan fingerprint density at radius 1 is 1.11 bits per heavy atom. The Morgan fingerprint density at radius 2 is 1.89 bits per heavy atom. The first-order valence-electron chi connectivity index (χ1n) is 11.8. The van der Waals surface area contributed by atoms with Crippen molar-refractivity contribution in [2.75, 3.05) is 0 Å². The zero-order valence-electron chi connectivity index (χ0n) is 20.2. The molecular weight excluding hydrogens is 474 g/mol. The molecule has 5 rings (SSSR count). The van der Waals surface area contributed by atoms with Crippen LogP contribution < -0.4 is 5.56 Å². The van der Waals surface area contributed by atoms with E-state index in [2.05, 4.69) is 18.0 Å². The average Bonchev–Trinajstić information content (AvgIpc) is 3.43. The fraction of sp³-hybridized carbons (Fsp3) is 0.250. The second-order valence-corrected chi connectivity index (χ2v) is 10.9. The largest absolute Gasteiger partial charge is 0.360 e. The predicted octanol–water partition coefficient (Wildman–Crippen LogP) is 6.85. The topological polar surface area (TPSA) is 67.8 Å². The second-order valence-electron chi connectivity index (χ2n) is 8.58. The molecule has 1 atom stereocenters. The number of nitrogens with zero attached hydrogens (tertiary/aromatic N) is 2. The van der Waals surface area contributed by atoms with Gasteiger partial charge >= 0.3 is 0 Å². The number of nitrogens with one attached hydrogen (secondary N) is 1. The van der Waals surface area contributed by atoms with Crippen molar-refractivity contribution in [3.8, 4) is 0 Å².